The van der Waals surface area contributed by atoms with E-state index in [1.807, 2.05) is 41.8 Å². The van der Waals surface area contributed by atoms with Crippen molar-refractivity contribution in [3.8, 4) is 5.69 Å². The molecule has 4 rings (SSSR count). The molecule has 0 amide bonds. The van der Waals surface area contributed by atoms with Gasteiger partial charge in [-0.2, -0.15) is 0 Å². The van der Waals surface area contributed by atoms with Crippen LogP contribution in [0.25, 0.3) is 16.9 Å². The molecular weight excluding hydrogens is 378 g/mol. The summed E-state index contributed by atoms with van der Waals surface area (Å²) in [6.45, 7) is 2.02. The molecule has 0 fully saturated rings. The summed E-state index contributed by atoms with van der Waals surface area (Å²) in [5, 5.41) is 9.81. The van der Waals surface area contributed by atoms with E-state index in [9.17, 15) is 9.59 Å². The molecule has 4 aromatic rings. The second-order valence-corrected chi connectivity index (χ2v) is 7.29. The monoisotopic (exact) mass is 397 g/mol. The van der Waals surface area contributed by atoms with Gasteiger partial charge in [0.1, 0.15) is 5.82 Å². The van der Waals surface area contributed by atoms with E-state index < -0.39 is 5.69 Å². The Labute approximate surface area is 164 Å². The van der Waals surface area contributed by atoms with Gasteiger partial charge < -0.3 is 4.57 Å². The van der Waals surface area contributed by atoms with Crippen molar-refractivity contribution in [3.05, 3.63) is 57.0 Å². The van der Waals surface area contributed by atoms with E-state index in [4.69, 9.17) is 0 Å². The quantitative estimate of drug-likeness (QED) is 0.515. The minimum absolute atomic E-state index is 0.347. The van der Waals surface area contributed by atoms with Gasteiger partial charge in [0.25, 0.3) is 5.56 Å². The van der Waals surface area contributed by atoms with Crippen LogP contribution < -0.4 is 11.2 Å². The average molecular weight is 397 g/mol. The van der Waals surface area contributed by atoms with Crippen molar-refractivity contribution in [1.82, 2.24) is 33.4 Å². The van der Waals surface area contributed by atoms with E-state index >= 15 is 0 Å². The molecule has 0 aliphatic rings. The molecule has 28 heavy (non-hydrogen) atoms. The van der Waals surface area contributed by atoms with Crippen molar-refractivity contribution in [2.75, 3.05) is 0 Å². The first-order chi connectivity index (χ1) is 13.4. The summed E-state index contributed by atoms with van der Waals surface area (Å²) >= 11 is 1.30. The van der Waals surface area contributed by atoms with Gasteiger partial charge in [-0.3, -0.25) is 18.5 Å². The Morgan fingerprint density at radius 1 is 0.929 bits per heavy atom. The molecule has 0 saturated heterocycles. The van der Waals surface area contributed by atoms with E-state index in [1.165, 1.54) is 23.4 Å². The average Bonchev–Trinajstić information content (AvgIpc) is 3.27. The van der Waals surface area contributed by atoms with Crippen LogP contribution in [0.1, 0.15) is 12.7 Å². The summed E-state index contributed by atoms with van der Waals surface area (Å²) in [5.74, 6) is 0.829. The maximum atomic E-state index is 12.6. The van der Waals surface area contributed by atoms with E-state index in [1.54, 1.807) is 18.7 Å². The first kappa shape index (κ1) is 18.2. The maximum Gasteiger partial charge on any atom is 0.332 e. The second kappa shape index (κ2) is 6.79. The fourth-order valence-electron chi connectivity index (χ4n) is 3.10. The highest BCUT2D eigenvalue weighted by molar-refractivity contribution is 7.99. The van der Waals surface area contributed by atoms with Crippen LogP contribution >= 0.6 is 11.8 Å². The van der Waals surface area contributed by atoms with Gasteiger partial charge in [-0.15, -0.1) is 10.2 Å². The molecule has 0 atom stereocenters. The summed E-state index contributed by atoms with van der Waals surface area (Å²) in [6, 6.07) is 9.84. The van der Waals surface area contributed by atoms with Gasteiger partial charge in [-0.1, -0.05) is 25.1 Å². The first-order valence-electron chi connectivity index (χ1n) is 8.74. The normalized spacial score (nSPS) is 11.4. The fourth-order valence-corrected chi connectivity index (χ4v) is 4.01. The molecule has 0 aliphatic carbocycles. The van der Waals surface area contributed by atoms with E-state index in [2.05, 4.69) is 15.2 Å². The molecule has 144 valence electrons. The predicted octanol–water partition coefficient (Wildman–Crippen LogP) is 1.26. The Morgan fingerprint density at radius 3 is 2.32 bits per heavy atom. The van der Waals surface area contributed by atoms with Crippen LogP contribution in [0.15, 0.2) is 50.2 Å². The molecule has 0 N–H and O–H groups in total. The van der Waals surface area contributed by atoms with E-state index in [0.29, 0.717) is 21.5 Å². The molecular formula is C18H19N7O2S. The zero-order valence-corrected chi connectivity index (χ0v) is 16.8. The summed E-state index contributed by atoms with van der Waals surface area (Å²) in [5.41, 5.74) is 0.883. The van der Waals surface area contributed by atoms with Crippen LogP contribution in [0.5, 0.6) is 0 Å². The summed E-state index contributed by atoms with van der Waals surface area (Å²) in [4.78, 5) is 29.3. The number of aromatic nitrogens is 7. The number of para-hydroxylation sites is 1. The molecule has 0 saturated carbocycles. The van der Waals surface area contributed by atoms with Gasteiger partial charge in [0.05, 0.1) is 0 Å². The third-order valence-electron chi connectivity index (χ3n) is 4.65. The van der Waals surface area contributed by atoms with Crippen LogP contribution in [-0.2, 0) is 27.6 Å². The Bertz CT molecular complexity index is 1300. The van der Waals surface area contributed by atoms with Gasteiger partial charge in [-0.05, 0) is 23.9 Å². The van der Waals surface area contributed by atoms with Gasteiger partial charge in [0.15, 0.2) is 16.3 Å². The number of hydrogen-bond acceptors (Lipinski definition) is 6. The lowest BCUT2D eigenvalue weighted by molar-refractivity contribution is 0.705. The molecule has 0 bridgehead atoms. The maximum absolute atomic E-state index is 12.6. The number of aryl methyl sites for hydroxylation is 3. The lowest BCUT2D eigenvalue weighted by Crippen LogP contribution is -2.37. The van der Waals surface area contributed by atoms with Crippen molar-refractivity contribution >= 4 is 22.9 Å². The summed E-state index contributed by atoms with van der Waals surface area (Å²) < 4.78 is 6.12. The van der Waals surface area contributed by atoms with Gasteiger partial charge >= 0.3 is 5.69 Å². The molecule has 10 heteroatoms. The molecule has 1 aromatic carbocycles. The Hall–Kier alpha value is -3.14. The van der Waals surface area contributed by atoms with Crippen molar-refractivity contribution in [1.29, 1.82) is 0 Å². The molecule has 0 radical (unpaired) electrons. The van der Waals surface area contributed by atoms with Crippen LogP contribution in [-0.4, -0.2) is 33.4 Å². The zero-order chi connectivity index (χ0) is 20.0. The van der Waals surface area contributed by atoms with Crippen molar-refractivity contribution in [2.45, 2.75) is 23.7 Å². The highest BCUT2D eigenvalue weighted by atomic mass is 32.2. The number of hydrogen-bond donors (Lipinski definition) is 0. The molecule has 0 unspecified atom stereocenters. The van der Waals surface area contributed by atoms with Crippen LogP contribution in [0.3, 0.4) is 0 Å². The lowest BCUT2D eigenvalue weighted by Gasteiger charge is -2.08. The molecule has 0 spiro atoms. The summed E-state index contributed by atoms with van der Waals surface area (Å²) in [6.07, 6.45) is 0.722. The Kier molecular flexibility index (Phi) is 4.42. The molecule has 3 heterocycles. The predicted molar refractivity (Wildman–Crippen MR) is 106 cm³/mol. The first-order valence-corrected chi connectivity index (χ1v) is 9.55. The van der Waals surface area contributed by atoms with E-state index in [-0.39, 0.29) is 5.56 Å². The highest BCUT2D eigenvalue weighted by Crippen LogP contribution is 2.29. The van der Waals surface area contributed by atoms with Crippen LogP contribution in [0, 0.1) is 0 Å². The van der Waals surface area contributed by atoms with Crippen molar-refractivity contribution in [3.63, 3.8) is 0 Å². The smallest absolute Gasteiger partial charge is 0.316 e. The third-order valence-corrected chi connectivity index (χ3v) is 5.64. The zero-order valence-electron chi connectivity index (χ0n) is 15.9. The number of nitrogens with zero attached hydrogens (tertiary/aromatic N) is 7. The summed E-state index contributed by atoms with van der Waals surface area (Å²) in [7, 11) is 4.82. The molecule has 3 aromatic heterocycles. The number of rotatable bonds is 4. The standard InChI is InChI=1S/C18H19N7O2S/c1-5-12-20-21-17(25(12)11-9-7-6-8-10-11)28-16-19-14-13(22(16)2)15(26)24(4)18(27)23(14)3/h6-10H,5H2,1-4H3. The lowest BCUT2D eigenvalue weighted by atomic mass is 10.3. The second-order valence-electron chi connectivity index (χ2n) is 6.36. The molecule has 0 aliphatic heterocycles. The van der Waals surface area contributed by atoms with Gasteiger partial charge in [-0.25, -0.2) is 9.78 Å². The highest BCUT2D eigenvalue weighted by Gasteiger charge is 2.21. The number of fused-ring (bicyclic) bond motifs is 1. The molecule has 9 nitrogen and oxygen atoms in total. The Morgan fingerprint density at radius 2 is 1.64 bits per heavy atom. The Balaban J connectivity index is 1.89. The van der Waals surface area contributed by atoms with Gasteiger partial charge in [0, 0.05) is 33.3 Å². The SMILES string of the molecule is CCc1nnc(Sc2nc3c(c(=O)n(C)c(=O)n3C)n2C)n1-c1ccccc1. The minimum atomic E-state index is -0.409. The van der Waals surface area contributed by atoms with Crippen LogP contribution in [0.2, 0.25) is 0 Å². The van der Waals surface area contributed by atoms with E-state index in [0.717, 1.165) is 22.5 Å². The van der Waals surface area contributed by atoms with Crippen molar-refractivity contribution in [2.24, 2.45) is 21.1 Å². The third kappa shape index (κ3) is 2.68. The minimum Gasteiger partial charge on any atom is -0.316 e. The largest absolute Gasteiger partial charge is 0.332 e. The van der Waals surface area contributed by atoms with Gasteiger partial charge in [0.2, 0.25) is 5.16 Å². The topological polar surface area (TPSA) is 92.5 Å². The van der Waals surface area contributed by atoms with Crippen LogP contribution in [0.4, 0.5) is 0 Å². The number of benzene rings is 1. The number of imidazole rings is 1. The fraction of sp³-hybridized carbons (Fsp3) is 0.278. The van der Waals surface area contributed by atoms with Crippen molar-refractivity contribution < 1.29 is 0 Å².